The van der Waals surface area contributed by atoms with Gasteiger partial charge in [-0.05, 0) is 26.2 Å². The van der Waals surface area contributed by atoms with Gasteiger partial charge in [0.2, 0.25) is 0 Å². The summed E-state index contributed by atoms with van der Waals surface area (Å²) in [6.45, 7) is 1.79. The molecule has 0 bridgehead atoms. The number of carbonyl (C=O) groups is 2. The highest BCUT2D eigenvalue weighted by atomic mass is 32.2. The molecule has 4 atom stereocenters. The SMILES string of the molecule is CC(CS(C)=O)NC(=O)NC1CCC(C(=O)O)C1. The molecule has 0 saturated heterocycles. The van der Waals surface area contributed by atoms with Crippen molar-refractivity contribution in [1.82, 2.24) is 10.6 Å². The number of rotatable bonds is 5. The van der Waals surface area contributed by atoms with Gasteiger partial charge in [0, 0.05) is 34.9 Å². The Labute approximate surface area is 109 Å². The fourth-order valence-corrected chi connectivity index (χ4v) is 2.97. The third-order valence-corrected chi connectivity index (χ3v) is 3.95. The molecule has 0 heterocycles. The predicted octanol–water partition coefficient (Wildman–Crippen LogP) is 0.306. The van der Waals surface area contributed by atoms with E-state index >= 15 is 0 Å². The molecular formula is C11H20N2O4S. The Bertz CT molecular complexity index is 348. The normalized spacial score (nSPS) is 26.3. The van der Waals surface area contributed by atoms with E-state index in [2.05, 4.69) is 10.6 Å². The highest BCUT2D eigenvalue weighted by Gasteiger charge is 2.30. The highest BCUT2D eigenvalue weighted by Crippen LogP contribution is 2.25. The lowest BCUT2D eigenvalue weighted by atomic mass is 10.1. The fourth-order valence-electron chi connectivity index (χ4n) is 2.18. The standard InChI is InChI=1S/C11H20N2O4S/c1-7(6-18(2)17)12-11(16)13-9-4-3-8(5-9)10(14)15/h7-9H,3-6H2,1-2H3,(H,14,15)(H2,12,13,16). The van der Waals surface area contributed by atoms with Crippen LogP contribution < -0.4 is 10.6 Å². The van der Waals surface area contributed by atoms with Crippen molar-refractivity contribution in [2.45, 2.75) is 38.3 Å². The number of carbonyl (C=O) groups excluding carboxylic acids is 1. The van der Waals surface area contributed by atoms with Crippen molar-refractivity contribution in [2.24, 2.45) is 5.92 Å². The highest BCUT2D eigenvalue weighted by molar-refractivity contribution is 7.84. The quantitative estimate of drug-likeness (QED) is 0.673. The van der Waals surface area contributed by atoms with Gasteiger partial charge in [-0.2, -0.15) is 0 Å². The summed E-state index contributed by atoms with van der Waals surface area (Å²) in [7, 11) is -0.948. The molecule has 0 aliphatic heterocycles. The molecule has 104 valence electrons. The molecule has 0 aromatic carbocycles. The Kier molecular flexibility index (Phi) is 5.58. The van der Waals surface area contributed by atoms with Crippen LogP contribution in [0.3, 0.4) is 0 Å². The molecule has 0 spiro atoms. The molecule has 0 aromatic heterocycles. The number of urea groups is 1. The van der Waals surface area contributed by atoms with Crippen molar-refractivity contribution in [3.8, 4) is 0 Å². The average molecular weight is 276 g/mol. The lowest BCUT2D eigenvalue weighted by Crippen LogP contribution is -2.46. The Morgan fingerprint density at radius 2 is 2.11 bits per heavy atom. The van der Waals surface area contributed by atoms with Gasteiger partial charge in [-0.15, -0.1) is 0 Å². The van der Waals surface area contributed by atoms with Crippen LogP contribution in [0, 0.1) is 5.92 Å². The number of nitrogens with one attached hydrogen (secondary N) is 2. The third kappa shape index (κ3) is 5.03. The first-order valence-electron chi connectivity index (χ1n) is 5.98. The minimum absolute atomic E-state index is 0.0783. The molecule has 0 radical (unpaired) electrons. The molecule has 7 heteroatoms. The lowest BCUT2D eigenvalue weighted by Gasteiger charge is -2.17. The Balaban J connectivity index is 2.29. The number of aliphatic carboxylic acids is 1. The van der Waals surface area contributed by atoms with Gasteiger partial charge in [-0.25, -0.2) is 4.79 Å². The van der Waals surface area contributed by atoms with Crippen LogP contribution in [0.2, 0.25) is 0 Å². The minimum atomic E-state index is -0.948. The zero-order valence-electron chi connectivity index (χ0n) is 10.6. The van der Waals surface area contributed by atoms with Crippen LogP contribution in [-0.2, 0) is 15.6 Å². The van der Waals surface area contributed by atoms with E-state index in [1.54, 1.807) is 13.2 Å². The van der Waals surface area contributed by atoms with Gasteiger partial charge < -0.3 is 15.7 Å². The zero-order valence-corrected chi connectivity index (χ0v) is 11.5. The molecule has 1 rings (SSSR count). The van der Waals surface area contributed by atoms with E-state index in [0.717, 1.165) is 0 Å². The predicted molar refractivity (Wildman–Crippen MR) is 68.8 cm³/mol. The lowest BCUT2D eigenvalue weighted by molar-refractivity contribution is -0.141. The van der Waals surface area contributed by atoms with Crippen molar-refractivity contribution in [1.29, 1.82) is 0 Å². The molecule has 1 aliphatic rings. The Morgan fingerprint density at radius 1 is 1.44 bits per heavy atom. The average Bonchev–Trinajstić information content (AvgIpc) is 2.63. The molecule has 4 unspecified atom stereocenters. The number of hydrogen-bond donors (Lipinski definition) is 3. The van der Waals surface area contributed by atoms with E-state index in [4.69, 9.17) is 5.11 Å². The van der Waals surface area contributed by atoms with Crippen molar-refractivity contribution in [3.05, 3.63) is 0 Å². The number of carboxylic acid groups (broad SMARTS) is 1. The summed E-state index contributed by atoms with van der Waals surface area (Å²) >= 11 is 0. The van der Waals surface area contributed by atoms with Crippen LogP contribution >= 0.6 is 0 Å². The Morgan fingerprint density at radius 3 is 2.61 bits per heavy atom. The van der Waals surface area contributed by atoms with Gasteiger partial charge in [-0.3, -0.25) is 9.00 Å². The maximum Gasteiger partial charge on any atom is 0.315 e. The second-order valence-corrected chi connectivity index (χ2v) is 6.28. The van der Waals surface area contributed by atoms with Gasteiger partial charge in [0.1, 0.15) is 0 Å². The smallest absolute Gasteiger partial charge is 0.315 e. The largest absolute Gasteiger partial charge is 0.481 e. The summed E-state index contributed by atoms with van der Waals surface area (Å²) in [4.78, 5) is 22.4. The number of hydrogen-bond acceptors (Lipinski definition) is 3. The first kappa shape index (κ1) is 14.9. The fraction of sp³-hybridized carbons (Fsp3) is 0.818. The zero-order chi connectivity index (χ0) is 13.7. The van der Waals surface area contributed by atoms with Crippen LogP contribution in [0.4, 0.5) is 4.79 Å². The van der Waals surface area contributed by atoms with E-state index in [9.17, 15) is 13.8 Å². The third-order valence-electron chi connectivity index (χ3n) is 2.98. The molecule has 1 saturated carbocycles. The van der Waals surface area contributed by atoms with Crippen molar-refractivity contribution in [2.75, 3.05) is 12.0 Å². The van der Waals surface area contributed by atoms with Gasteiger partial charge in [0.05, 0.1) is 5.92 Å². The molecule has 1 fully saturated rings. The van der Waals surface area contributed by atoms with Gasteiger partial charge >= 0.3 is 12.0 Å². The Hall–Kier alpha value is -1.11. The van der Waals surface area contributed by atoms with Crippen LogP contribution in [-0.4, -0.2) is 45.4 Å². The second kappa shape index (κ2) is 6.72. The molecule has 0 aromatic rings. The molecule has 2 amide bonds. The summed E-state index contributed by atoms with van der Waals surface area (Å²) in [6.07, 6.45) is 3.37. The van der Waals surface area contributed by atoms with Crippen LogP contribution in [0.1, 0.15) is 26.2 Å². The van der Waals surface area contributed by atoms with Crippen LogP contribution in [0.25, 0.3) is 0 Å². The van der Waals surface area contributed by atoms with E-state index in [1.807, 2.05) is 0 Å². The van der Waals surface area contributed by atoms with Crippen LogP contribution in [0.5, 0.6) is 0 Å². The summed E-state index contributed by atoms with van der Waals surface area (Å²) in [6, 6.07) is -0.554. The monoisotopic (exact) mass is 276 g/mol. The molecule has 1 aliphatic carbocycles. The topological polar surface area (TPSA) is 95.5 Å². The first-order chi connectivity index (χ1) is 8.38. The van der Waals surface area contributed by atoms with Crippen LogP contribution in [0.15, 0.2) is 0 Å². The van der Waals surface area contributed by atoms with Gasteiger partial charge in [-0.1, -0.05) is 0 Å². The first-order valence-corrected chi connectivity index (χ1v) is 7.71. The molecule has 18 heavy (non-hydrogen) atoms. The maximum atomic E-state index is 11.6. The number of amides is 2. The van der Waals surface area contributed by atoms with E-state index < -0.39 is 16.8 Å². The van der Waals surface area contributed by atoms with Gasteiger partial charge in [0.15, 0.2) is 0 Å². The summed E-state index contributed by atoms with van der Waals surface area (Å²) in [5, 5.41) is 14.3. The molecular weight excluding hydrogens is 256 g/mol. The van der Waals surface area contributed by atoms with Gasteiger partial charge in [0.25, 0.3) is 0 Å². The van der Waals surface area contributed by atoms with E-state index in [-0.39, 0.29) is 24.0 Å². The maximum absolute atomic E-state index is 11.6. The van der Waals surface area contributed by atoms with Crippen molar-refractivity contribution >= 4 is 22.8 Å². The van der Waals surface area contributed by atoms with E-state index in [1.165, 1.54) is 0 Å². The molecule has 3 N–H and O–H groups in total. The minimum Gasteiger partial charge on any atom is -0.481 e. The molecule has 6 nitrogen and oxygen atoms in total. The van der Waals surface area contributed by atoms with Crippen molar-refractivity contribution < 1.29 is 18.9 Å². The summed E-state index contributed by atoms with van der Waals surface area (Å²) in [5.41, 5.74) is 0. The summed E-state index contributed by atoms with van der Waals surface area (Å²) < 4.78 is 11.0. The van der Waals surface area contributed by atoms with E-state index in [0.29, 0.717) is 25.0 Å². The summed E-state index contributed by atoms with van der Waals surface area (Å²) in [5.74, 6) is -0.735. The van der Waals surface area contributed by atoms with Crippen molar-refractivity contribution in [3.63, 3.8) is 0 Å². The number of carboxylic acids is 1. The second-order valence-electron chi connectivity index (χ2n) is 4.80.